The smallest absolute Gasteiger partial charge is 0.308 e. The fourth-order valence-corrected chi connectivity index (χ4v) is 2.98. The molecule has 2 aromatic heterocycles. The van der Waals surface area contributed by atoms with E-state index in [4.69, 9.17) is 23.2 Å². The van der Waals surface area contributed by atoms with Crippen molar-refractivity contribution in [3.05, 3.63) is 68.2 Å². The number of aryl methyl sites for hydroxylation is 2. The first-order chi connectivity index (χ1) is 11.8. The molecule has 0 unspecified atom stereocenters. The van der Waals surface area contributed by atoms with Gasteiger partial charge in [-0.3, -0.25) is 9.20 Å². The number of carbonyl (C=O) groups excluding carboxylic acids is 1. The van der Waals surface area contributed by atoms with Crippen LogP contribution in [0.5, 0.6) is 0 Å². The maximum Gasteiger partial charge on any atom is 0.323 e. The summed E-state index contributed by atoms with van der Waals surface area (Å²) >= 11 is 11.8. The summed E-state index contributed by atoms with van der Waals surface area (Å²) in [7, 11) is 0. The Hall–Kier alpha value is -2.57. The Morgan fingerprint density at radius 2 is 1.80 bits per heavy atom. The Labute approximate surface area is 153 Å². The zero-order valence-electron chi connectivity index (χ0n) is 13.4. The monoisotopic (exact) mass is 376 g/mol. The number of urea groups is 1. The highest BCUT2D eigenvalue weighted by Gasteiger charge is 2.14. The molecule has 2 amide bonds. The van der Waals surface area contributed by atoms with E-state index in [-0.39, 0.29) is 11.2 Å². The SMILES string of the molecule is Cc1nc2c(C)cccn2c(=O)c1NC(=O)Nc1cc(Cl)cc(Cl)c1. The molecule has 0 atom stereocenters. The summed E-state index contributed by atoms with van der Waals surface area (Å²) in [6.45, 7) is 3.53. The summed E-state index contributed by atoms with van der Waals surface area (Å²) < 4.78 is 1.40. The standard InChI is InChI=1S/C17H14Cl2N4O2/c1-9-4-3-5-23-15(9)20-10(2)14(16(23)24)22-17(25)21-13-7-11(18)6-12(19)8-13/h3-8H,1-2H3,(H2,21,22,25). The van der Waals surface area contributed by atoms with E-state index in [9.17, 15) is 9.59 Å². The highest BCUT2D eigenvalue weighted by molar-refractivity contribution is 6.35. The summed E-state index contributed by atoms with van der Waals surface area (Å²) in [6, 6.07) is 7.68. The van der Waals surface area contributed by atoms with E-state index < -0.39 is 6.03 Å². The average molecular weight is 377 g/mol. The van der Waals surface area contributed by atoms with Gasteiger partial charge < -0.3 is 10.6 Å². The van der Waals surface area contributed by atoms with Gasteiger partial charge >= 0.3 is 6.03 Å². The van der Waals surface area contributed by atoms with E-state index in [1.165, 1.54) is 4.40 Å². The summed E-state index contributed by atoms with van der Waals surface area (Å²) in [6.07, 6.45) is 1.61. The number of carbonyl (C=O) groups is 1. The van der Waals surface area contributed by atoms with Crippen LogP contribution in [-0.2, 0) is 0 Å². The van der Waals surface area contributed by atoms with Crippen LogP contribution in [0.2, 0.25) is 10.0 Å². The third-order valence-corrected chi connectivity index (χ3v) is 4.03. The topological polar surface area (TPSA) is 75.5 Å². The van der Waals surface area contributed by atoms with E-state index in [1.807, 2.05) is 13.0 Å². The van der Waals surface area contributed by atoms with Crippen LogP contribution in [0.3, 0.4) is 0 Å². The summed E-state index contributed by atoms with van der Waals surface area (Å²) in [4.78, 5) is 29.3. The molecule has 0 aliphatic heterocycles. The second kappa shape index (κ2) is 6.74. The van der Waals surface area contributed by atoms with Gasteiger partial charge in [-0.2, -0.15) is 0 Å². The number of aromatic nitrogens is 2. The minimum absolute atomic E-state index is 0.105. The van der Waals surface area contributed by atoms with E-state index >= 15 is 0 Å². The number of benzene rings is 1. The number of anilines is 2. The number of fused-ring (bicyclic) bond motifs is 1. The molecule has 1 aromatic carbocycles. The van der Waals surface area contributed by atoms with Crippen molar-refractivity contribution in [2.45, 2.75) is 13.8 Å². The van der Waals surface area contributed by atoms with Crippen molar-refractivity contribution in [2.75, 3.05) is 10.6 Å². The predicted molar refractivity (Wildman–Crippen MR) is 100 cm³/mol. The van der Waals surface area contributed by atoms with Crippen LogP contribution in [0.25, 0.3) is 5.65 Å². The van der Waals surface area contributed by atoms with Gasteiger partial charge in [0.1, 0.15) is 11.3 Å². The van der Waals surface area contributed by atoms with Gasteiger partial charge in [-0.1, -0.05) is 29.3 Å². The maximum absolute atomic E-state index is 12.6. The molecule has 3 rings (SSSR count). The van der Waals surface area contributed by atoms with E-state index in [1.54, 1.807) is 37.4 Å². The van der Waals surface area contributed by atoms with Gasteiger partial charge in [0.15, 0.2) is 0 Å². The lowest BCUT2D eigenvalue weighted by atomic mass is 10.2. The normalized spacial score (nSPS) is 10.7. The van der Waals surface area contributed by atoms with E-state index in [2.05, 4.69) is 15.6 Å². The van der Waals surface area contributed by atoms with Crippen molar-refractivity contribution in [3.63, 3.8) is 0 Å². The zero-order valence-corrected chi connectivity index (χ0v) is 14.9. The van der Waals surface area contributed by atoms with Crippen LogP contribution in [0.15, 0.2) is 41.3 Å². The zero-order chi connectivity index (χ0) is 18.1. The first-order valence-electron chi connectivity index (χ1n) is 7.38. The molecule has 0 aliphatic rings. The molecule has 2 heterocycles. The van der Waals surface area contributed by atoms with Crippen LogP contribution in [0.1, 0.15) is 11.3 Å². The van der Waals surface area contributed by atoms with Crippen LogP contribution in [-0.4, -0.2) is 15.4 Å². The second-order valence-corrected chi connectivity index (χ2v) is 6.37. The molecular formula is C17H14Cl2N4O2. The highest BCUT2D eigenvalue weighted by atomic mass is 35.5. The molecule has 0 aliphatic carbocycles. The van der Waals surface area contributed by atoms with Crippen LogP contribution in [0, 0.1) is 13.8 Å². The van der Waals surface area contributed by atoms with Gasteiger partial charge in [-0.25, -0.2) is 9.78 Å². The quantitative estimate of drug-likeness (QED) is 0.701. The molecule has 0 saturated heterocycles. The molecule has 2 N–H and O–H groups in total. The number of halogens is 2. The number of hydrogen-bond acceptors (Lipinski definition) is 3. The summed E-state index contributed by atoms with van der Waals surface area (Å²) in [5.41, 5.74) is 2.01. The molecule has 0 fully saturated rings. The number of nitrogens with one attached hydrogen (secondary N) is 2. The number of nitrogens with zero attached hydrogens (tertiary/aromatic N) is 2. The molecule has 0 spiro atoms. The number of rotatable bonds is 2. The van der Waals surface area contributed by atoms with Crippen molar-refractivity contribution in [1.82, 2.24) is 9.38 Å². The summed E-state index contributed by atoms with van der Waals surface area (Å²) in [5.74, 6) is 0. The summed E-state index contributed by atoms with van der Waals surface area (Å²) in [5, 5.41) is 5.92. The number of amides is 2. The van der Waals surface area contributed by atoms with Crippen molar-refractivity contribution in [2.24, 2.45) is 0 Å². The van der Waals surface area contributed by atoms with Crippen molar-refractivity contribution < 1.29 is 4.79 Å². The lowest BCUT2D eigenvalue weighted by molar-refractivity contribution is 0.262. The van der Waals surface area contributed by atoms with Crippen molar-refractivity contribution in [3.8, 4) is 0 Å². The van der Waals surface area contributed by atoms with Gasteiger partial charge in [0.05, 0.1) is 5.69 Å². The Morgan fingerprint density at radius 1 is 1.12 bits per heavy atom. The largest absolute Gasteiger partial charge is 0.323 e. The average Bonchev–Trinajstić information content (AvgIpc) is 2.51. The fourth-order valence-electron chi connectivity index (χ4n) is 2.45. The third-order valence-electron chi connectivity index (χ3n) is 3.59. The molecule has 0 radical (unpaired) electrons. The minimum atomic E-state index is -0.590. The number of hydrogen-bond donors (Lipinski definition) is 2. The van der Waals surface area contributed by atoms with E-state index in [0.29, 0.717) is 27.1 Å². The maximum atomic E-state index is 12.6. The molecule has 8 heteroatoms. The van der Waals surface area contributed by atoms with Gasteiger partial charge in [-0.15, -0.1) is 0 Å². The van der Waals surface area contributed by atoms with Crippen LogP contribution < -0.4 is 16.2 Å². The molecule has 0 bridgehead atoms. The van der Waals surface area contributed by atoms with Crippen LogP contribution in [0.4, 0.5) is 16.2 Å². The minimum Gasteiger partial charge on any atom is -0.308 e. The Morgan fingerprint density at radius 3 is 2.48 bits per heavy atom. The van der Waals surface area contributed by atoms with Crippen molar-refractivity contribution >= 4 is 46.3 Å². The van der Waals surface area contributed by atoms with Gasteiger partial charge in [-0.05, 0) is 43.7 Å². The first kappa shape index (κ1) is 17.3. The van der Waals surface area contributed by atoms with Gasteiger partial charge in [0.2, 0.25) is 0 Å². The number of pyridine rings is 1. The molecule has 25 heavy (non-hydrogen) atoms. The lowest BCUT2D eigenvalue weighted by Crippen LogP contribution is -2.28. The molecule has 6 nitrogen and oxygen atoms in total. The molecule has 128 valence electrons. The fraction of sp³-hybridized carbons (Fsp3) is 0.118. The lowest BCUT2D eigenvalue weighted by Gasteiger charge is -2.12. The molecular weight excluding hydrogens is 363 g/mol. The van der Waals surface area contributed by atoms with Crippen molar-refractivity contribution in [1.29, 1.82) is 0 Å². The predicted octanol–water partition coefficient (Wildman–Crippen LogP) is 4.26. The van der Waals surface area contributed by atoms with E-state index in [0.717, 1.165) is 5.56 Å². The van der Waals surface area contributed by atoms with Crippen LogP contribution >= 0.6 is 23.2 Å². The third kappa shape index (κ3) is 3.60. The Kier molecular flexibility index (Phi) is 4.65. The molecule has 0 saturated carbocycles. The molecule has 3 aromatic rings. The Bertz CT molecular complexity index is 1030. The Balaban J connectivity index is 1.92. The van der Waals surface area contributed by atoms with Gasteiger partial charge in [0.25, 0.3) is 5.56 Å². The second-order valence-electron chi connectivity index (χ2n) is 5.50. The highest BCUT2D eigenvalue weighted by Crippen LogP contribution is 2.22. The first-order valence-corrected chi connectivity index (χ1v) is 8.13. The van der Waals surface area contributed by atoms with Gasteiger partial charge in [0, 0.05) is 21.9 Å².